The van der Waals surface area contributed by atoms with Gasteiger partial charge in [-0.1, -0.05) is 41.9 Å². The molecule has 0 aliphatic heterocycles. The van der Waals surface area contributed by atoms with Crippen LogP contribution in [0.2, 0.25) is 5.02 Å². The zero-order chi connectivity index (χ0) is 14.0. The van der Waals surface area contributed by atoms with Gasteiger partial charge in [0.05, 0.1) is 5.02 Å². The van der Waals surface area contributed by atoms with Gasteiger partial charge in [0.2, 0.25) is 0 Å². The Kier molecular flexibility index (Phi) is 4.38. The van der Waals surface area contributed by atoms with Gasteiger partial charge < -0.3 is 0 Å². The summed E-state index contributed by atoms with van der Waals surface area (Å²) < 4.78 is 14.6. The quantitative estimate of drug-likeness (QED) is 0.715. The van der Waals surface area contributed by atoms with Crippen molar-refractivity contribution in [1.29, 1.82) is 0 Å². The van der Waals surface area contributed by atoms with Gasteiger partial charge in [0.15, 0.2) is 5.82 Å². The first-order chi connectivity index (χ1) is 8.99. The SMILES string of the molecule is CC(=O)Cc1ccc(-c2ccc(Br)c(Cl)c2F)cc1. The van der Waals surface area contributed by atoms with E-state index in [9.17, 15) is 9.18 Å². The molecule has 0 aliphatic rings. The van der Waals surface area contributed by atoms with Crippen LogP contribution in [0, 0.1) is 5.82 Å². The van der Waals surface area contributed by atoms with Crippen LogP contribution < -0.4 is 0 Å². The van der Waals surface area contributed by atoms with Crippen LogP contribution in [0.3, 0.4) is 0 Å². The second-order valence-corrected chi connectivity index (χ2v) is 5.53. The average molecular weight is 342 g/mol. The maximum absolute atomic E-state index is 14.0. The monoisotopic (exact) mass is 340 g/mol. The van der Waals surface area contributed by atoms with Crippen molar-refractivity contribution in [1.82, 2.24) is 0 Å². The van der Waals surface area contributed by atoms with E-state index in [4.69, 9.17) is 11.6 Å². The summed E-state index contributed by atoms with van der Waals surface area (Å²) in [6, 6.07) is 10.6. The normalized spacial score (nSPS) is 10.5. The number of benzene rings is 2. The van der Waals surface area contributed by atoms with Crippen LogP contribution in [0.4, 0.5) is 4.39 Å². The molecule has 0 fully saturated rings. The molecule has 0 saturated carbocycles. The molecule has 0 atom stereocenters. The van der Waals surface area contributed by atoms with Crippen LogP contribution in [0.1, 0.15) is 12.5 Å². The second-order valence-electron chi connectivity index (χ2n) is 4.30. The first-order valence-electron chi connectivity index (χ1n) is 5.71. The lowest BCUT2D eigenvalue weighted by Gasteiger charge is -2.07. The zero-order valence-electron chi connectivity index (χ0n) is 10.2. The zero-order valence-corrected chi connectivity index (χ0v) is 12.6. The Morgan fingerprint density at radius 2 is 1.84 bits per heavy atom. The van der Waals surface area contributed by atoms with E-state index in [0.717, 1.165) is 11.1 Å². The number of rotatable bonds is 3. The van der Waals surface area contributed by atoms with Crippen molar-refractivity contribution in [2.45, 2.75) is 13.3 Å². The number of Topliss-reactive ketones (excluding diaryl/α,β-unsaturated/α-hetero) is 1. The highest BCUT2D eigenvalue weighted by molar-refractivity contribution is 9.10. The number of ketones is 1. The minimum atomic E-state index is -0.449. The summed E-state index contributed by atoms with van der Waals surface area (Å²) in [6.07, 6.45) is 0.393. The summed E-state index contributed by atoms with van der Waals surface area (Å²) in [4.78, 5) is 11.0. The average Bonchev–Trinajstić information content (AvgIpc) is 2.37. The van der Waals surface area contributed by atoms with Crippen LogP contribution in [0.25, 0.3) is 11.1 Å². The minimum absolute atomic E-state index is 0.0744. The Morgan fingerprint density at radius 1 is 1.21 bits per heavy atom. The van der Waals surface area contributed by atoms with Crippen molar-refractivity contribution in [2.75, 3.05) is 0 Å². The Balaban J connectivity index is 2.37. The first kappa shape index (κ1) is 14.2. The second kappa shape index (κ2) is 5.85. The topological polar surface area (TPSA) is 17.1 Å². The van der Waals surface area contributed by atoms with E-state index >= 15 is 0 Å². The van der Waals surface area contributed by atoms with Gasteiger partial charge in [-0.25, -0.2) is 4.39 Å². The number of hydrogen-bond acceptors (Lipinski definition) is 1. The molecule has 0 unspecified atom stereocenters. The van der Waals surface area contributed by atoms with Gasteiger partial charge in [-0.05, 0) is 40.0 Å². The van der Waals surface area contributed by atoms with Crippen molar-refractivity contribution in [3.05, 3.63) is 57.3 Å². The number of carbonyl (C=O) groups is 1. The third-order valence-electron chi connectivity index (χ3n) is 2.75. The van der Waals surface area contributed by atoms with Crippen LogP contribution >= 0.6 is 27.5 Å². The van der Waals surface area contributed by atoms with Crippen LogP contribution in [0.5, 0.6) is 0 Å². The van der Waals surface area contributed by atoms with Crippen LogP contribution in [-0.4, -0.2) is 5.78 Å². The summed E-state index contributed by atoms with van der Waals surface area (Å²) in [5.74, 6) is -0.346. The summed E-state index contributed by atoms with van der Waals surface area (Å²) >= 11 is 9.05. The van der Waals surface area contributed by atoms with Gasteiger partial charge >= 0.3 is 0 Å². The third kappa shape index (κ3) is 3.23. The maximum Gasteiger partial charge on any atom is 0.150 e. The van der Waals surface area contributed by atoms with Crippen molar-refractivity contribution in [3.63, 3.8) is 0 Å². The fourth-order valence-corrected chi connectivity index (χ4v) is 2.31. The lowest BCUT2D eigenvalue weighted by Crippen LogP contribution is -1.96. The smallest absolute Gasteiger partial charge is 0.150 e. The summed E-state index contributed by atoms with van der Waals surface area (Å²) in [5.41, 5.74) is 2.10. The van der Waals surface area contributed by atoms with Gasteiger partial charge in [-0.2, -0.15) is 0 Å². The van der Waals surface area contributed by atoms with E-state index in [0.29, 0.717) is 16.5 Å². The minimum Gasteiger partial charge on any atom is -0.300 e. The van der Waals surface area contributed by atoms with Crippen molar-refractivity contribution in [3.8, 4) is 11.1 Å². The standard InChI is InChI=1S/C15H11BrClFO/c1-9(19)8-10-2-4-11(5-3-10)12-6-7-13(16)14(17)15(12)18/h2-7H,8H2,1H3. The number of halogens is 3. The molecule has 0 saturated heterocycles. The molecule has 19 heavy (non-hydrogen) atoms. The molecule has 2 rings (SSSR count). The molecule has 0 heterocycles. The molecule has 98 valence electrons. The molecule has 2 aromatic rings. The highest BCUT2D eigenvalue weighted by Crippen LogP contribution is 2.33. The summed E-state index contributed by atoms with van der Waals surface area (Å²) in [7, 11) is 0. The fourth-order valence-electron chi connectivity index (χ4n) is 1.84. The van der Waals surface area contributed by atoms with E-state index < -0.39 is 5.82 Å². The highest BCUT2D eigenvalue weighted by atomic mass is 79.9. The van der Waals surface area contributed by atoms with Crippen LogP contribution in [0.15, 0.2) is 40.9 Å². The molecule has 4 heteroatoms. The predicted molar refractivity (Wildman–Crippen MR) is 78.9 cm³/mol. The van der Waals surface area contributed by atoms with Crippen molar-refractivity contribution < 1.29 is 9.18 Å². The molecule has 0 spiro atoms. The Hall–Kier alpha value is -1.19. The largest absolute Gasteiger partial charge is 0.300 e. The highest BCUT2D eigenvalue weighted by Gasteiger charge is 2.11. The fraction of sp³-hybridized carbons (Fsp3) is 0.133. The summed E-state index contributed by atoms with van der Waals surface area (Å²) in [5, 5.41) is 0.0744. The molecule has 2 aromatic carbocycles. The number of carbonyl (C=O) groups excluding carboxylic acids is 1. The van der Waals surface area contributed by atoms with E-state index in [1.54, 1.807) is 31.2 Å². The lowest BCUT2D eigenvalue weighted by atomic mass is 10.0. The molecule has 1 nitrogen and oxygen atoms in total. The van der Waals surface area contributed by atoms with Crippen LogP contribution in [-0.2, 0) is 11.2 Å². The molecule has 0 bridgehead atoms. The maximum atomic E-state index is 14.0. The lowest BCUT2D eigenvalue weighted by molar-refractivity contribution is -0.116. The first-order valence-corrected chi connectivity index (χ1v) is 6.88. The number of hydrogen-bond donors (Lipinski definition) is 0. The Morgan fingerprint density at radius 3 is 2.42 bits per heavy atom. The van der Waals surface area contributed by atoms with Gasteiger partial charge in [0.25, 0.3) is 0 Å². The van der Waals surface area contributed by atoms with Gasteiger partial charge in [-0.3, -0.25) is 4.79 Å². The van der Waals surface area contributed by atoms with Gasteiger partial charge in [0, 0.05) is 16.5 Å². The molecule has 0 aromatic heterocycles. The molecule has 0 N–H and O–H groups in total. The van der Waals surface area contributed by atoms with Gasteiger partial charge in [0.1, 0.15) is 5.78 Å². The molecular formula is C15H11BrClFO. The van der Waals surface area contributed by atoms with Crippen molar-refractivity contribution >= 4 is 33.3 Å². The Bertz CT molecular complexity index is 623. The molecule has 0 amide bonds. The van der Waals surface area contributed by atoms with E-state index in [2.05, 4.69) is 15.9 Å². The van der Waals surface area contributed by atoms with Gasteiger partial charge in [-0.15, -0.1) is 0 Å². The summed E-state index contributed by atoms with van der Waals surface area (Å²) in [6.45, 7) is 1.54. The third-order valence-corrected chi connectivity index (χ3v) is 4.01. The van der Waals surface area contributed by atoms with E-state index in [1.165, 1.54) is 0 Å². The molecule has 0 aliphatic carbocycles. The van der Waals surface area contributed by atoms with Crippen molar-refractivity contribution in [2.24, 2.45) is 0 Å². The van der Waals surface area contributed by atoms with E-state index in [1.807, 2.05) is 12.1 Å². The Labute approximate surface area is 124 Å². The predicted octanol–water partition coefficient (Wildman–Crippen LogP) is 5.04. The molecular weight excluding hydrogens is 331 g/mol. The molecule has 0 radical (unpaired) electrons. The van der Waals surface area contributed by atoms with E-state index in [-0.39, 0.29) is 10.8 Å².